The zero-order valence-corrected chi connectivity index (χ0v) is 24.0. The van der Waals surface area contributed by atoms with Crippen molar-refractivity contribution in [3.63, 3.8) is 0 Å². The van der Waals surface area contributed by atoms with Crippen molar-refractivity contribution < 1.29 is 19.1 Å². The van der Waals surface area contributed by atoms with Crippen molar-refractivity contribution in [3.8, 4) is 0 Å². The summed E-state index contributed by atoms with van der Waals surface area (Å²) in [6.07, 6.45) is 2.75. The van der Waals surface area contributed by atoms with Crippen LogP contribution in [-0.2, 0) is 41.4 Å². The van der Waals surface area contributed by atoms with Crippen LogP contribution in [0, 0.1) is 0 Å². The van der Waals surface area contributed by atoms with Gasteiger partial charge in [-0.15, -0.1) is 21.5 Å². The number of nitrogens with zero attached hydrogens (tertiary/aromatic N) is 3. The predicted octanol–water partition coefficient (Wildman–Crippen LogP) is 4.50. The highest BCUT2D eigenvalue weighted by Crippen LogP contribution is 2.39. The van der Waals surface area contributed by atoms with E-state index in [0.717, 1.165) is 35.3 Å². The van der Waals surface area contributed by atoms with Crippen LogP contribution in [0.1, 0.15) is 76.7 Å². The van der Waals surface area contributed by atoms with Crippen LogP contribution in [0.3, 0.4) is 0 Å². The van der Waals surface area contributed by atoms with Gasteiger partial charge < -0.3 is 19.9 Å². The molecule has 0 saturated carbocycles. The molecule has 1 aliphatic carbocycles. The molecule has 0 aliphatic heterocycles. The minimum atomic E-state index is -0.389. The number of ether oxygens (including phenoxy) is 1. The second kappa shape index (κ2) is 11.7. The largest absolute Gasteiger partial charge is 0.462 e. The zero-order chi connectivity index (χ0) is 27.4. The van der Waals surface area contributed by atoms with Gasteiger partial charge in [0, 0.05) is 17.5 Å². The SMILES string of the molecule is CCOC(=O)c1c(NC(=O)CSc2nnc(CNC(=O)c3ccc(C(C)(C)C)cc3)n2C)sc2c1CCC2. The first-order valence-electron chi connectivity index (χ1n) is 12.6. The van der Waals surface area contributed by atoms with E-state index in [1.54, 1.807) is 18.5 Å². The summed E-state index contributed by atoms with van der Waals surface area (Å²) in [5.41, 5.74) is 3.25. The molecule has 3 aromatic rings. The summed E-state index contributed by atoms with van der Waals surface area (Å²) in [6, 6.07) is 7.58. The molecule has 202 valence electrons. The van der Waals surface area contributed by atoms with Gasteiger partial charge in [0.15, 0.2) is 11.0 Å². The smallest absolute Gasteiger partial charge is 0.341 e. The number of nitrogens with one attached hydrogen (secondary N) is 2. The van der Waals surface area contributed by atoms with E-state index in [-0.39, 0.29) is 42.1 Å². The zero-order valence-electron chi connectivity index (χ0n) is 22.3. The van der Waals surface area contributed by atoms with Gasteiger partial charge >= 0.3 is 5.97 Å². The lowest BCUT2D eigenvalue weighted by atomic mass is 9.87. The molecular formula is C27H33N5O4S2. The Kier molecular flexibility index (Phi) is 8.57. The van der Waals surface area contributed by atoms with Gasteiger partial charge in [0.1, 0.15) is 5.00 Å². The highest BCUT2D eigenvalue weighted by atomic mass is 32.2. The number of amides is 2. The Labute approximate surface area is 230 Å². The molecule has 0 fully saturated rings. The Morgan fingerprint density at radius 2 is 1.87 bits per heavy atom. The first kappa shape index (κ1) is 27.8. The van der Waals surface area contributed by atoms with Gasteiger partial charge in [-0.2, -0.15) is 0 Å². The number of carbonyl (C=O) groups is 3. The molecule has 1 aromatic carbocycles. The number of benzene rings is 1. The van der Waals surface area contributed by atoms with E-state index in [1.807, 2.05) is 24.3 Å². The van der Waals surface area contributed by atoms with Crippen molar-refractivity contribution in [2.75, 3.05) is 17.7 Å². The first-order chi connectivity index (χ1) is 18.1. The van der Waals surface area contributed by atoms with E-state index in [2.05, 4.69) is 41.6 Å². The second-order valence-electron chi connectivity index (χ2n) is 10.1. The van der Waals surface area contributed by atoms with Gasteiger partial charge in [-0.05, 0) is 54.9 Å². The average molecular weight is 556 g/mol. The van der Waals surface area contributed by atoms with Crippen molar-refractivity contribution >= 4 is 45.9 Å². The van der Waals surface area contributed by atoms with Crippen LogP contribution in [0.5, 0.6) is 0 Å². The van der Waals surface area contributed by atoms with Crippen LogP contribution in [0.2, 0.25) is 0 Å². The molecule has 2 aromatic heterocycles. The Hall–Kier alpha value is -3.18. The number of thioether (sulfide) groups is 1. The second-order valence-corrected chi connectivity index (χ2v) is 12.1. The fourth-order valence-corrected chi connectivity index (χ4v) is 6.24. The molecule has 2 N–H and O–H groups in total. The minimum absolute atomic E-state index is 0.0195. The summed E-state index contributed by atoms with van der Waals surface area (Å²) < 4.78 is 6.98. The molecule has 0 unspecified atom stereocenters. The summed E-state index contributed by atoms with van der Waals surface area (Å²) in [6.45, 7) is 8.65. The molecule has 4 rings (SSSR count). The third kappa shape index (κ3) is 6.27. The van der Waals surface area contributed by atoms with Crippen molar-refractivity contribution in [1.29, 1.82) is 0 Å². The highest BCUT2D eigenvalue weighted by molar-refractivity contribution is 7.99. The Morgan fingerprint density at radius 3 is 2.55 bits per heavy atom. The number of rotatable bonds is 9. The third-order valence-electron chi connectivity index (χ3n) is 6.33. The van der Waals surface area contributed by atoms with Crippen LogP contribution >= 0.6 is 23.1 Å². The molecule has 2 amide bonds. The van der Waals surface area contributed by atoms with Crippen LogP contribution < -0.4 is 10.6 Å². The maximum atomic E-state index is 12.7. The molecule has 0 atom stereocenters. The quantitative estimate of drug-likeness (QED) is 0.295. The number of hydrogen-bond donors (Lipinski definition) is 2. The van der Waals surface area contributed by atoms with Gasteiger partial charge in [-0.1, -0.05) is 44.7 Å². The highest BCUT2D eigenvalue weighted by Gasteiger charge is 2.28. The lowest BCUT2D eigenvalue weighted by Crippen LogP contribution is -2.24. The summed E-state index contributed by atoms with van der Waals surface area (Å²) in [5, 5.41) is 15.2. The molecule has 0 bridgehead atoms. The van der Waals surface area contributed by atoms with E-state index in [0.29, 0.717) is 27.1 Å². The lowest BCUT2D eigenvalue weighted by Gasteiger charge is -2.19. The van der Waals surface area contributed by atoms with E-state index >= 15 is 0 Å². The predicted molar refractivity (Wildman–Crippen MR) is 149 cm³/mol. The van der Waals surface area contributed by atoms with Crippen LogP contribution in [-0.4, -0.2) is 44.9 Å². The van der Waals surface area contributed by atoms with Crippen molar-refractivity contribution in [2.45, 2.75) is 64.1 Å². The van der Waals surface area contributed by atoms with Gasteiger partial charge in [0.2, 0.25) is 5.91 Å². The standard InChI is InChI=1S/C27H33N5O4S2/c1-6-36-25(35)22-18-8-7-9-19(18)38-24(22)29-21(33)15-37-26-31-30-20(32(26)5)14-28-23(34)16-10-12-17(13-11-16)27(2,3)4/h10-13H,6-9,14-15H2,1-5H3,(H,28,34)(H,29,33). The average Bonchev–Trinajstić information content (AvgIpc) is 3.55. The maximum absolute atomic E-state index is 12.7. The molecule has 0 saturated heterocycles. The van der Waals surface area contributed by atoms with E-state index in [9.17, 15) is 14.4 Å². The lowest BCUT2D eigenvalue weighted by molar-refractivity contribution is -0.113. The van der Waals surface area contributed by atoms with Gasteiger partial charge in [0.05, 0.1) is 24.5 Å². The number of anilines is 1. The monoisotopic (exact) mass is 555 g/mol. The van der Waals surface area contributed by atoms with E-state index < -0.39 is 0 Å². The minimum Gasteiger partial charge on any atom is -0.462 e. The molecule has 2 heterocycles. The number of fused-ring (bicyclic) bond motifs is 1. The van der Waals surface area contributed by atoms with E-state index in [4.69, 9.17) is 4.74 Å². The normalized spacial score (nSPS) is 12.8. The number of hydrogen-bond acceptors (Lipinski definition) is 8. The summed E-state index contributed by atoms with van der Waals surface area (Å²) >= 11 is 2.69. The Bertz CT molecular complexity index is 1340. The maximum Gasteiger partial charge on any atom is 0.341 e. The van der Waals surface area contributed by atoms with E-state index in [1.165, 1.54) is 23.1 Å². The first-order valence-corrected chi connectivity index (χ1v) is 14.4. The topological polar surface area (TPSA) is 115 Å². The molecule has 11 heteroatoms. The molecule has 0 spiro atoms. The van der Waals surface area contributed by atoms with Crippen molar-refractivity contribution in [3.05, 3.63) is 57.2 Å². The number of carbonyl (C=O) groups excluding carboxylic acids is 3. The summed E-state index contributed by atoms with van der Waals surface area (Å²) in [4.78, 5) is 39.0. The summed E-state index contributed by atoms with van der Waals surface area (Å²) in [5.74, 6) is -0.144. The Morgan fingerprint density at radius 1 is 1.13 bits per heavy atom. The van der Waals surface area contributed by atoms with Crippen LogP contribution in [0.4, 0.5) is 5.00 Å². The van der Waals surface area contributed by atoms with Gasteiger partial charge in [-0.25, -0.2) is 4.79 Å². The van der Waals surface area contributed by atoms with Crippen molar-refractivity contribution in [2.24, 2.45) is 7.05 Å². The number of esters is 1. The third-order valence-corrected chi connectivity index (χ3v) is 8.56. The number of aromatic nitrogens is 3. The molecule has 1 aliphatic rings. The Balaban J connectivity index is 1.32. The fourth-order valence-electron chi connectivity index (χ4n) is 4.21. The van der Waals surface area contributed by atoms with Crippen LogP contribution in [0.15, 0.2) is 29.4 Å². The molecule has 38 heavy (non-hydrogen) atoms. The number of aryl methyl sites for hydroxylation is 1. The van der Waals surface area contributed by atoms with Gasteiger partial charge in [-0.3, -0.25) is 9.59 Å². The molecule has 9 nitrogen and oxygen atoms in total. The molecular weight excluding hydrogens is 522 g/mol. The van der Waals surface area contributed by atoms with Gasteiger partial charge in [0.25, 0.3) is 5.91 Å². The summed E-state index contributed by atoms with van der Waals surface area (Å²) in [7, 11) is 1.79. The van der Waals surface area contributed by atoms with Crippen LogP contribution in [0.25, 0.3) is 0 Å². The van der Waals surface area contributed by atoms with Crippen molar-refractivity contribution in [1.82, 2.24) is 20.1 Å². The molecule has 0 radical (unpaired) electrons. The fraction of sp³-hybridized carbons (Fsp3) is 0.444. The number of thiophene rings is 1.